The summed E-state index contributed by atoms with van der Waals surface area (Å²) in [5.41, 5.74) is 2.34. The molecule has 1 aromatic heterocycles. The molecular formula is C17H22N4O3S. The van der Waals surface area contributed by atoms with Crippen molar-refractivity contribution < 1.29 is 13.2 Å². The molecule has 8 heteroatoms. The van der Waals surface area contributed by atoms with E-state index >= 15 is 0 Å². The van der Waals surface area contributed by atoms with Gasteiger partial charge >= 0.3 is 0 Å². The number of benzene rings is 1. The van der Waals surface area contributed by atoms with E-state index in [2.05, 4.69) is 41.0 Å². The summed E-state index contributed by atoms with van der Waals surface area (Å²) < 4.78 is 27.7. The van der Waals surface area contributed by atoms with E-state index in [-0.39, 0.29) is 24.1 Å². The maximum absolute atomic E-state index is 12.2. The van der Waals surface area contributed by atoms with Crippen molar-refractivity contribution in [1.29, 1.82) is 0 Å². The molecule has 0 spiro atoms. The Hall–Kier alpha value is -2.22. The molecule has 0 unspecified atom stereocenters. The normalized spacial score (nSPS) is 19.8. The number of hydrogen-bond donors (Lipinski definition) is 1. The van der Waals surface area contributed by atoms with Gasteiger partial charge < -0.3 is 0 Å². The van der Waals surface area contributed by atoms with E-state index in [0.717, 1.165) is 5.56 Å². The van der Waals surface area contributed by atoms with Crippen molar-refractivity contribution in [3.05, 3.63) is 47.8 Å². The van der Waals surface area contributed by atoms with Crippen molar-refractivity contribution in [1.82, 2.24) is 19.7 Å². The third-order valence-corrected chi connectivity index (χ3v) is 5.71. The Balaban J connectivity index is 1.54. The van der Waals surface area contributed by atoms with Crippen LogP contribution in [0.2, 0.25) is 0 Å². The molecule has 1 saturated carbocycles. The van der Waals surface area contributed by atoms with Gasteiger partial charge in [-0.3, -0.25) is 14.2 Å². The maximum atomic E-state index is 12.2. The molecule has 2 aromatic rings. The molecule has 1 N–H and O–H groups in total. The summed E-state index contributed by atoms with van der Waals surface area (Å²) in [4.78, 5) is 12.2. The Labute approximate surface area is 147 Å². The van der Waals surface area contributed by atoms with E-state index in [1.54, 1.807) is 6.20 Å². The SMILES string of the molecule is CC(C)c1ccc([C@@H]2C[C@H]2C(=O)NS(=O)(=O)CCn2ccnn2)cc1. The van der Waals surface area contributed by atoms with Crippen LogP contribution < -0.4 is 4.72 Å². The van der Waals surface area contributed by atoms with Gasteiger partial charge in [0.15, 0.2) is 0 Å². The molecule has 1 heterocycles. The second-order valence-corrected chi connectivity index (χ2v) is 8.56. The second kappa shape index (κ2) is 6.95. The first-order valence-corrected chi connectivity index (χ1v) is 9.99. The van der Waals surface area contributed by atoms with Gasteiger partial charge in [-0.2, -0.15) is 0 Å². The summed E-state index contributed by atoms with van der Waals surface area (Å²) in [6.45, 7) is 4.42. The van der Waals surface area contributed by atoms with Crippen LogP contribution in [0.1, 0.15) is 43.2 Å². The number of carbonyl (C=O) groups excluding carboxylic acids is 1. The first-order valence-electron chi connectivity index (χ1n) is 8.34. The molecule has 1 amide bonds. The van der Waals surface area contributed by atoms with Crippen molar-refractivity contribution >= 4 is 15.9 Å². The quantitative estimate of drug-likeness (QED) is 0.808. The van der Waals surface area contributed by atoms with Crippen LogP contribution in [0.3, 0.4) is 0 Å². The Kier molecular flexibility index (Phi) is 4.89. The molecule has 1 fully saturated rings. The zero-order chi connectivity index (χ0) is 18.0. The van der Waals surface area contributed by atoms with Crippen molar-refractivity contribution in [3.63, 3.8) is 0 Å². The van der Waals surface area contributed by atoms with E-state index in [0.29, 0.717) is 12.3 Å². The van der Waals surface area contributed by atoms with Crippen LogP contribution >= 0.6 is 0 Å². The number of aromatic nitrogens is 3. The van der Waals surface area contributed by atoms with E-state index in [9.17, 15) is 13.2 Å². The zero-order valence-electron chi connectivity index (χ0n) is 14.3. The topological polar surface area (TPSA) is 94.0 Å². The fraction of sp³-hybridized carbons (Fsp3) is 0.471. The van der Waals surface area contributed by atoms with Gasteiger partial charge in [-0.05, 0) is 29.4 Å². The Bertz CT molecular complexity index is 829. The molecular weight excluding hydrogens is 340 g/mol. The number of hydrogen-bond acceptors (Lipinski definition) is 5. The Morgan fingerprint density at radius 2 is 2.04 bits per heavy atom. The van der Waals surface area contributed by atoms with Crippen molar-refractivity contribution in [3.8, 4) is 0 Å². The van der Waals surface area contributed by atoms with Crippen LogP contribution in [0.15, 0.2) is 36.7 Å². The van der Waals surface area contributed by atoms with Crippen LogP contribution in [0.25, 0.3) is 0 Å². The summed E-state index contributed by atoms with van der Waals surface area (Å²) in [5, 5.41) is 7.32. The minimum Gasteiger partial charge on any atom is -0.274 e. The average Bonchev–Trinajstić information content (AvgIpc) is 3.20. The van der Waals surface area contributed by atoms with Gasteiger partial charge in [-0.25, -0.2) is 8.42 Å². The maximum Gasteiger partial charge on any atom is 0.237 e. The number of rotatable bonds is 7. The molecule has 0 radical (unpaired) electrons. The third-order valence-electron chi connectivity index (χ3n) is 4.48. The summed E-state index contributed by atoms with van der Waals surface area (Å²) in [5.74, 6) is -0.334. The Morgan fingerprint density at radius 1 is 1.32 bits per heavy atom. The molecule has 1 aromatic carbocycles. The van der Waals surface area contributed by atoms with Gasteiger partial charge in [0.05, 0.1) is 18.5 Å². The molecule has 0 bridgehead atoms. The van der Waals surface area contributed by atoms with E-state index in [1.807, 2.05) is 12.1 Å². The fourth-order valence-electron chi connectivity index (χ4n) is 2.83. The lowest BCUT2D eigenvalue weighted by Gasteiger charge is -2.08. The highest BCUT2D eigenvalue weighted by molar-refractivity contribution is 7.90. The lowest BCUT2D eigenvalue weighted by atomic mass is 10.00. The predicted octanol–water partition coefficient (Wildman–Crippen LogP) is 1.65. The zero-order valence-corrected chi connectivity index (χ0v) is 15.1. The lowest BCUT2D eigenvalue weighted by Crippen LogP contribution is -2.35. The van der Waals surface area contributed by atoms with Crippen LogP contribution in [-0.2, 0) is 21.4 Å². The minimum atomic E-state index is -3.67. The standard InChI is InChI=1S/C17H22N4O3S/c1-12(2)13-3-5-14(6-4-13)15-11-16(15)17(22)19-25(23,24)10-9-21-8-7-18-20-21/h3-8,12,15-16H,9-11H2,1-2H3,(H,19,22)/t15-,16+/m0/s1. The van der Waals surface area contributed by atoms with E-state index in [1.165, 1.54) is 16.4 Å². The number of aryl methyl sites for hydroxylation is 1. The van der Waals surface area contributed by atoms with Gasteiger partial charge in [0.1, 0.15) is 0 Å². The number of nitrogens with one attached hydrogen (secondary N) is 1. The number of sulfonamides is 1. The van der Waals surface area contributed by atoms with Gasteiger partial charge in [-0.1, -0.05) is 43.3 Å². The monoisotopic (exact) mass is 362 g/mol. The largest absolute Gasteiger partial charge is 0.274 e. The lowest BCUT2D eigenvalue weighted by molar-refractivity contribution is -0.120. The molecule has 2 atom stereocenters. The van der Waals surface area contributed by atoms with Crippen molar-refractivity contribution in [2.45, 2.75) is 38.6 Å². The van der Waals surface area contributed by atoms with Crippen LogP contribution in [0, 0.1) is 5.92 Å². The summed E-state index contributed by atoms with van der Waals surface area (Å²) in [6, 6.07) is 8.21. The van der Waals surface area contributed by atoms with Gasteiger partial charge in [0.25, 0.3) is 0 Å². The number of carbonyl (C=O) groups is 1. The molecule has 0 aliphatic heterocycles. The van der Waals surface area contributed by atoms with Crippen LogP contribution in [0.4, 0.5) is 0 Å². The minimum absolute atomic E-state index is 0.103. The fourth-order valence-corrected chi connectivity index (χ4v) is 3.81. The van der Waals surface area contributed by atoms with E-state index in [4.69, 9.17) is 0 Å². The van der Waals surface area contributed by atoms with Gasteiger partial charge in [0.2, 0.25) is 15.9 Å². The predicted molar refractivity (Wildman–Crippen MR) is 93.3 cm³/mol. The van der Waals surface area contributed by atoms with Crippen molar-refractivity contribution in [2.75, 3.05) is 5.75 Å². The first-order chi connectivity index (χ1) is 11.9. The summed E-state index contributed by atoms with van der Waals surface area (Å²) in [7, 11) is -3.67. The number of nitrogens with zero attached hydrogens (tertiary/aromatic N) is 3. The number of amides is 1. The first kappa shape index (κ1) is 17.6. The highest BCUT2D eigenvalue weighted by Crippen LogP contribution is 2.47. The summed E-state index contributed by atoms with van der Waals surface area (Å²) >= 11 is 0. The molecule has 1 aliphatic carbocycles. The molecule has 25 heavy (non-hydrogen) atoms. The highest BCUT2D eigenvalue weighted by atomic mass is 32.2. The second-order valence-electron chi connectivity index (χ2n) is 6.72. The Morgan fingerprint density at radius 3 is 2.64 bits per heavy atom. The van der Waals surface area contributed by atoms with Gasteiger partial charge in [0, 0.05) is 12.1 Å². The summed E-state index contributed by atoms with van der Waals surface area (Å²) in [6.07, 6.45) is 3.74. The highest BCUT2D eigenvalue weighted by Gasteiger charge is 2.44. The molecule has 0 saturated heterocycles. The third kappa shape index (κ3) is 4.45. The average molecular weight is 362 g/mol. The van der Waals surface area contributed by atoms with E-state index < -0.39 is 15.9 Å². The molecule has 1 aliphatic rings. The smallest absolute Gasteiger partial charge is 0.237 e. The van der Waals surface area contributed by atoms with Gasteiger partial charge in [-0.15, -0.1) is 5.10 Å². The molecule has 3 rings (SSSR count). The van der Waals surface area contributed by atoms with Crippen molar-refractivity contribution in [2.24, 2.45) is 5.92 Å². The van der Waals surface area contributed by atoms with Crippen LogP contribution in [0.5, 0.6) is 0 Å². The molecule has 134 valence electrons. The van der Waals surface area contributed by atoms with Crippen LogP contribution in [-0.4, -0.2) is 35.1 Å². The molecule has 7 nitrogen and oxygen atoms in total.